The maximum absolute atomic E-state index is 11.8. The molecule has 0 bridgehead atoms. The predicted molar refractivity (Wildman–Crippen MR) is 63.2 cm³/mol. The van der Waals surface area contributed by atoms with Crippen LogP contribution < -0.4 is 5.32 Å². The second-order valence-corrected chi connectivity index (χ2v) is 5.81. The van der Waals surface area contributed by atoms with E-state index in [9.17, 15) is 4.79 Å². The van der Waals surface area contributed by atoms with Crippen LogP contribution in [0.15, 0.2) is 5.38 Å². The van der Waals surface area contributed by atoms with Crippen LogP contribution in [0.1, 0.15) is 42.4 Å². The van der Waals surface area contributed by atoms with Gasteiger partial charge in [0.1, 0.15) is 5.01 Å². The van der Waals surface area contributed by atoms with E-state index in [1.807, 2.05) is 6.92 Å². The smallest absolute Gasteiger partial charge is 0.223 e. The third kappa shape index (κ3) is 2.12. The molecule has 2 aliphatic carbocycles. The number of thiazole rings is 1. The van der Waals surface area contributed by atoms with Gasteiger partial charge in [-0.3, -0.25) is 4.79 Å². The second-order valence-electron chi connectivity index (χ2n) is 4.93. The van der Waals surface area contributed by atoms with Crippen LogP contribution in [-0.4, -0.2) is 10.9 Å². The molecule has 1 heterocycles. The average molecular weight is 236 g/mol. The highest BCUT2D eigenvalue weighted by Gasteiger charge is 2.38. The van der Waals surface area contributed by atoms with Gasteiger partial charge in [-0.1, -0.05) is 0 Å². The Bertz CT molecular complexity index is 407. The van der Waals surface area contributed by atoms with Crippen molar-refractivity contribution in [3.05, 3.63) is 16.1 Å². The van der Waals surface area contributed by atoms with Crippen molar-refractivity contribution in [1.82, 2.24) is 10.3 Å². The highest BCUT2D eigenvalue weighted by atomic mass is 32.1. The number of aromatic nitrogens is 1. The molecule has 1 aromatic heterocycles. The van der Waals surface area contributed by atoms with Gasteiger partial charge in [0.2, 0.25) is 5.91 Å². The molecule has 0 radical (unpaired) electrons. The first-order valence-electron chi connectivity index (χ1n) is 5.96. The Morgan fingerprint density at radius 1 is 1.50 bits per heavy atom. The van der Waals surface area contributed by atoms with Gasteiger partial charge in [-0.2, -0.15) is 0 Å². The van der Waals surface area contributed by atoms with E-state index in [2.05, 4.69) is 15.7 Å². The standard InChI is InChI=1S/C12H16N2OS/c1-7-6-16-12(13-7)10(8-2-3-8)14-11(15)9-4-5-9/h6,8-10H,2-5H2,1H3,(H,14,15). The maximum Gasteiger partial charge on any atom is 0.223 e. The van der Waals surface area contributed by atoms with Crippen molar-refractivity contribution in [3.63, 3.8) is 0 Å². The highest BCUT2D eigenvalue weighted by molar-refractivity contribution is 7.09. The Hall–Kier alpha value is -0.900. The van der Waals surface area contributed by atoms with E-state index >= 15 is 0 Å². The number of carbonyl (C=O) groups excluding carboxylic acids is 1. The van der Waals surface area contributed by atoms with E-state index in [1.54, 1.807) is 11.3 Å². The van der Waals surface area contributed by atoms with Crippen LogP contribution in [0.3, 0.4) is 0 Å². The lowest BCUT2D eigenvalue weighted by Gasteiger charge is -2.15. The normalized spacial score (nSPS) is 21.8. The van der Waals surface area contributed by atoms with Crippen molar-refractivity contribution in [2.75, 3.05) is 0 Å². The molecule has 3 nitrogen and oxygen atoms in total. The fourth-order valence-electron chi connectivity index (χ4n) is 1.94. The minimum Gasteiger partial charge on any atom is -0.346 e. The fourth-order valence-corrected chi connectivity index (χ4v) is 2.88. The molecule has 0 saturated heterocycles. The molecule has 86 valence electrons. The van der Waals surface area contributed by atoms with Crippen LogP contribution in [0, 0.1) is 18.8 Å². The van der Waals surface area contributed by atoms with Gasteiger partial charge in [0.15, 0.2) is 0 Å². The predicted octanol–water partition coefficient (Wildman–Crippen LogP) is 2.43. The summed E-state index contributed by atoms with van der Waals surface area (Å²) in [6.45, 7) is 2.01. The molecule has 1 N–H and O–H groups in total. The first kappa shape index (κ1) is 10.3. The van der Waals surface area contributed by atoms with E-state index in [1.165, 1.54) is 12.8 Å². The molecule has 1 unspecified atom stereocenters. The molecule has 0 spiro atoms. The summed E-state index contributed by atoms with van der Waals surface area (Å²) >= 11 is 1.67. The van der Waals surface area contributed by atoms with Crippen molar-refractivity contribution in [3.8, 4) is 0 Å². The Labute approximate surface area is 99.3 Å². The number of amides is 1. The van der Waals surface area contributed by atoms with Gasteiger partial charge in [-0.15, -0.1) is 11.3 Å². The summed E-state index contributed by atoms with van der Waals surface area (Å²) in [5.74, 6) is 1.17. The van der Waals surface area contributed by atoms with E-state index in [0.717, 1.165) is 23.5 Å². The number of aryl methyl sites for hydroxylation is 1. The van der Waals surface area contributed by atoms with Gasteiger partial charge in [-0.25, -0.2) is 4.98 Å². The Balaban J connectivity index is 1.72. The molecule has 2 aliphatic rings. The van der Waals surface area contributed by atoms with Crippen molar-refractivity contribution >= 4 is 17.2 Å². The van der Waals surface area contributed by atoms with Gasteiger partial charge >= 0.3 is 0 Å². The summed E-state index contributed by atoms with van der Waals surface area (Å²) in [5, 5.41) is 6.33. The summed E-state index contributed by atoms with van der Waals surface area (Å²) in [5.41, 5.74) is 1.06. The van der Waals surface area contributed by atoms with Crippen LogP contribution in [0.25, 0.3) is 0 Å². The van der Waals surface area contributed by atoms with Gasteiger partial charge in [0.25, 0.3) is 0 Å². The number of nitrogens with one attached hydrogen (secondary N) is 1. The zero-order chi connectivity index (χ0) is 11.1. The van der Waals surface area contributed by atoms with E-state index in [4.69, 9.17) is 0 Å². The average Bonchev–Trinajstić information content (AvgIpc) is 3.13. The molecule has 16 heavy (non-hydrogen) atoms. The van der Waals surface area contributed by atoms with E-state index < -0.39 is 0 Å². The zero-order valence-corrected chi connectivity index (χ0v) is 10.2. The molecule has 4 heteroatoms. The summed E-state index contributed by atoms with van der Waals surface area (Å²) < 4.78 is 0. The van der Waals surface area contributed by atoms with E-state index in [0.29, 0.717) is 11.8 Å². The molecular formula is C12H16N2OS. The van der Waals surface area contributed by atoms with Crippen LogP contribution in [0.5, 0.6) is 0 Å². The number of nitrogens with zero attached hydrogens (tertiary/aromatic N) is 1. The largest absolute Gasteiger partial charge is 0.346 e. The van der Waals surface area contributed by atoms with Gasteiger partial charge in [-0.05, 0) is 38.5 Å². The summed E-state index contributed by atoms with van der Waals surface area (Å²) in [6, 6.07) is 0.187. The lowest BCUT2D eigenvalue weighted by Crippen LogP contribution is -2.30. The molecule has 1 aromatic rings. The Morgan fingerprint density at radius 3 is 2.75 bits per heavy atom. The first-order chi connectivity index (χ1) is 7.74. The van der Waals surface area contributed by atoms with E-state index in [-0.39, 0.29) is 11.9 Å². The van der Waals surface area contributed by atoms with Crippen molar-refractivity contribution in [1.29, 1.82) is 0 Å². The van der Waals surface area contributed by atoms with Crippen LogP contribution in [-0.2, 0) is 4.79 Å². The van der Waals surface area contributed by atoms with Crippen LogP contribution in [0.2, 0.25) is 0 Å². The minimum absolute atomic E-state index is 0.187. The Kier molecular flexibility index (Phi) is 2.46. The number of carbonyl (C=O) groups is 1. The summed E-state index contributed by atoms with van der Waals surface area (Å²) in [7, 11) is 0. The summed E-state index contributed by atoms with van der Waals surface area (Å²) in [4.78, 5) is 16.3. The number of rotatable bonds is 4. The topological polar surface area (TPSA) is 42.0 Å². The monoisotopic (exact) mass is 236 g/mol. The van der Waals surface area contributed by atoms with Crippen molar-refractivity contribution in [2.45, 2.75) is 38.6 Å². The maximum atomic E-state index is 11.8. The lowest BCUT2D eigenvalue weighted by molar-refractivity contribution is -0.123. The van der Waals surface area contributed by atoms with Gasteiger partial charge in [0.05, 0.1) is 6.04 Å². The molecule has 2 saturated carbocycles. The summed E-state index contributed by atoms with van der Waals surface area (Å²) in [6.07, 6.45) is 4.60. The third-order valence-corrected chi connectivity index (χ3v) is 4.29. The third-order valence-electron chi connectivity index (χ3n) is 3.24. The molecule has 2 fully saturated rings. The van der Waals surface area contributed by atoms with Gasteiger partial charge < -0.3 is 5.32 Å². The molecule has 1 amide bonds. The quantitative estimate of drug-likeness (QED) is 0.872. The highest BCUT2D eigenvalue weighted by Crippen LogP contribution is 2.42. The minimum atomic E-state index is 0.187. The fraction of sp³-hybridized carbons (Fsp3) is 0.667. The molecule has 3 rings (SSSR count). The SMILES string of the molecule is Cc1csc(C(NC(=O)C2CC2)C2CC2)n1. The number of hydrogen-bond donors (Lipinski definition) is 1. The first-order valence-corrected chi connectivity index (χ1v) is 6.84. The molecule has 0 aromatic carbocycles. The van der Waals surface area contributed by atoms with Crippen molar-refractivity contribution < 1.29 is 4.79 Å². The van der Waals surface area contributed by atoms with Gasteiger partial charge in [0, 0.05) is 17.0 Å². The second kappa shape index (κ2) is 3.84. The van der Waals surface area contributed by atoms with Crippen LogP contribution in [0.4, 0.5) is 0 Å². The molecular weight excluding hydrogens is 220 g/mol. The molecule has 0 aliphatic heterocycles. The van der Waals surface area contributed by atoms with Crippen LogP contribution >= 0.6 is 11.3 Å². The lowest BCUT2D eigenvalue weighted by atomic mass is 10.2. The zero-order valence-electron chi connectivity index (χ0n) is 9.40. The van der Waals surface area contributed by atoms with Crippen molar-refractivity contribution in [2.24, 2.45) is 11.8 Å². The Morgan fingerprint density at radius 2 is 2.25 bits per heavy atom. The number of hydrogen-bond acceptors (Lipinski definition) is 3. The molecule has 1 atom stereocenters.